The summed E-state index contributed by atoms with van der Waals surface area (Å²) >= 11 is 1.46. The number of hydrogen-bond acceptors (Lipinski definition) is 3. The summed E-state index contributed by atoms with van der Waals surface area (Å²) in [6.07, 6.45) is 2.01. The van der Waals surface area contributed by atoms with Gasteiger partial charge in [0.2, 0.25) is 0 Å². The number of rotatable bonds is 1. The molecule has 3 heterocycles. The Labute approximate surface area is 162 Å². The van der Waals surface area contributed by atoms with E-state index < -0.39 is 0 Å². The molecule has 0 aliphatic rings. The lowest BCUT2D eigenvalue weighted by atomic mass is 10.1. The molecule has 140 valence electrons. The van der Waals surface area contributed by atoms with Crippen LogP contribution in [-0.4, -0.2) is 14.0 Å². The van der Waals surface area contributed by atoms with Crippen LogP contribution in [0, 0.1) is 27.7 Å². The first-order valence-corrected chi connectivity index (χ1v) is 10.0. The number of benzene rings is 1. The SMILES string of the molecule is Cc1cc2nc3s/c(=C\c4cc(C)n(C(C)(C)C)c4C)c(=O)n3c2cc1C. The molecule has 0 bridgehead atoms. The highest BCUT2D eigenvalue weighted by Gasteiger charge is 2.19. The molecule has 0 atom stereocenters. The number of aryl methyl sites for hydroxylation is 3. The summed E-state index contributed by atoms with van der Waals surface area (Å²) in [6.45, 7) is 15.0. The predicted molar refractivity (Wildman–Crippen MR) is 114 cm³/mol. The Hall–Kier alpha value is -2.40. The second kappa shape index (κ2) is 5.80. The van der Waals surface area contributed by atoms with E-state index in [0.29, 0.717) is 0 Å². The minimum atomic E-state index is 0.0101. The van der Waals surface area contributed by atoms with Crippen molar-refractivity contribution < 1.29 is 0 Å². The predicted octanol–water partition coefficient (Wildman–Crippen LogP) is 4.25. The smallest absolute Gasteiger partial charge is 0.274 e. The van der Waals surface area contributed by atoms with Gasteiger partial charge >= 0.3 is 0 Å². The second-order valence-corrected chi connectivity index (χ2v) is 9.41. The highest BCUT2D eigenvalue weighted by atomic mass is 32.1. The third kappa shape index (κ3) is 2.72. The van der Waals surface area contributed by atoms with Gasteiger partial charge in [-0.05, 0) is 89.4 Å². The molecule has 27 heavy (non-hydrogen) atoms. The van der Waals surface area contributed by atoms with Crippen LogP contribution in [0.3, 0.4) is 0 Å². The highest BCUT2D eigenvalue weighted by molar-refractivity contribution is 7.15. The molecule has 4 aromatic rings. The van der Waals surface area contributed by atoms with E-state index in [9.17, 15) is 4.79 Å². The van der Waals surface area contributed by atoms with Gasteiger partial charge in [0, 0.05) is 16.9 Å². The number of thiazole rings is 1. The van der Waals surface area contributed by atoms with Gasteiger partial charge in [-0.15, -0.1) is 0 Å². The monoisotopic (exact) mass is 379 g/mol. The van der Waals surface area contributed by atoms with Crippen LogP contribution in [0.5, 0.6) is 0 Å². The van der Waals surface area contributed by atoms with Crippen LogP contribution in [0.2, 0.25) is 0 Å². The molecule has 1 aromatic carbocycles. The second-order valence-electron chi connectivity index (χ2n) is 8.40. The van der Waals surface area contributed by atoms with Gasteiger partial charge in [0.1, 0.15) is 0 Å². The zero-order valence-electron chi connectivity index (χ0n) is 17.0. The average Bonchev–Trinajstić information content (AvgIpc) is 3.13. The molecular formula is C22H25N3OS. The van der Waals surface area contributed by atoms with Crippen LogP contribution in [0.4, 0.5) is 0 Å². The standard InChI is InChI=1S/C22H25N3OS/c1-12-8-17-18(9-13(12)2)24-20(26)19(27-21(24)23-17)11-16-10-14(3)25(15(16)4)22(5,6)7/h8-11H,1-7H3/b19-11-. The molecule has 0 fully saturated rings. The van der Waals surface area contributed by atoms with Crippen molar-refractivity contribution in [2.45, 2.75) is 54.0 Å². The molecule has 0 unspecified atom stereocenters. The fourth-order valence-corrected chi connectivity index (χ4v) is 5.00. The van der Waals surface area contributed by atoms with E-state index in [1.165, 1.54) is 33.9 Å². The minimum absolute atomic E-state index is 0.0101. The maximum absolute atomic E-state index is 13.1. The van der Waals surface area contributed by atoms with Gasteiger partial charge in [-0.3, -0.25) is 4.79 Å². The van der Waals surface area contributed by atoms with E-state index in [2.05, 4.69) is 76.2 Å². The van der Waals surface area contributed by atoms with Gasteiger partial charge < -0.3 is 4.57 Å². The Bertz CT molecular complexity index is 1310. The molecule has 3 aromatic heterocycles. The van der Waals surface area contributed by atoms with Crippen LogP contribution in [0.15, 0.2) is 23.0 Å². The van der Waals surface area contributed by atoms with Crippen molar-refractivity contribution in [3.05, 3.63) is 61.2 Å². The normalized spacial score (nSPS) is 13.4. The summed E-state index contributed by atoms with van der Waals surface area (Å²) in [5, 5.41) is 0. The van der Waals surface area contributed by atoms with Gasteiger partial charge in [0.05, 0.1) is 15.6 Å². The van der Waals surface area contributed by atoms with Gasteiger partial charge in [0.15, 0.2) is 4.96 Å². The molecule has 0 saturated heterocycles. The lowest BCUT2D eigenvalue weighted by Crippen LogP contribution is -2.24. The Balaban J connectivity index is 1.97. The Morgan fingerprint density at radius 3 is 2.33 bits per heavy atom. The lowest BCUT2D eigenvalue weighted by molar-refractivity contribution is 0.383. The maximum atomic E-state index is 13.1. The molecule has 0 amide bonds. The number of nitrogens with zero attached hydrogens (tertiary/aromatic N) is 3. The molecule has 0 saturated carbocycles. The number of imidazole rings is 1. The van der Waals surface area contributed by atoms with Gasteiger partial charge in [-0.25, -0.2) is 9.38 Å². The maximum Gasteiger partial charge on any atom is 0.274 e. The fraction of sp³-hybridized carbons (Fsp3) is 0.364. The first-order chi connectivity index (χ1) is 12.6. The Kier molecular flexibility index (Phi) is 3.86. The summed E-state index contributed by atoms with van der Waals surface area (Å²) in [6, 6.07) is 6.28. The molecule has 0 radical (unpaired) electrons. The van der Waals surface area contributed by atoms with E-state index >= 15 is 0 Å². The van der Waals surface area contributed by atoms with Gasteiger partial charge in [-0.2, -0.15) is 0 Å². The van der Waals surface area contributed by atoms with Crippen LogP contribution in [0.1, 0.15) is 48.8 Å². The van der Waals surface area contributed by atoms with Gasteiger partial charge in [0.25, 0.3) is 5.56 Å². The van der Waals surface area contributed by atoms with E-state index in [4.69, 9.17) is 0 Å². The highest BCUT2D eigenvalue weighted by Crippen LogP contribution is 2.25. The van der Waals surface area contributed by atoms with Crippen LogP contribution >= 0.6 is 11.3 Å². The number of hydrogen-bond donors (Lipinski definition) is 0. The Morgan fingerprint density at radius 1 is 1.04 bits per heavy atom. The van der Waals surface area contributed by atoms with E-state index in [1.807, 2.05) is 6.08 Å². The van der Waals surface area contributed by atoms with Crippen molar-refractivity contribution in [2.24, 2.45) is 0 Å². The zero-order chi connectivity index (χ0) is 19.7. The molecule has 4 rings (SSSR count). The summed E-state index contributed by atoms with van der Waals surface area (Å²) < 4.78 is 4.80. The molecular weight excluding hydrogens is 354 g/mol. The third-order valence-corrected chi connectivity index (χ3v) is 6.25. The number of fused-ring (bicyclic) bond motifs is 3. The molecule has 5 heteroatoms. The first-order valence-electron chi connectivity index (χ1n) is 9.21. The first kappa shape index (κ1) is 18.0. The third-order valence-electron chi connectivity index (χ3n) is 5.28. The molecule has 0 aliphatic carbocycles. The van der Waals surface area contributed by atoms with E-state index in [0.717, 1.165) is 26.1 Å². The molecule has 0 aliphatic heterocycles. The summed E-state index contributed by atoms with van der Waals surface area (Å²) in [4.78, 5) is 18.5. The van der Waals surface area contributed by atoms with Crippen LogP contribution in [0.25, 0.3) is 22.1 Å². The Morgan fingerprint density at radius 2 is 1.70 bits per heavy atom. The topological polar surface area (TPSA) is 39.3 Å². The van der Waals surface area contributed by atoms with Crippen molar-refractivity contribution in [3.8, 4) is 0 Å². The van der Waals surface area contributed by atoms with Gasteiger partial charge in [-0.1, -0.05) is 11.3 Å². The number of aromatic nitrogens is 3. The van der Waals surface area contributed by atoms with Crippen molar-refractivity contribution in [1.82, 2.24) is 14.0 Å². The molecule has 4 nitrogen and oxygen atoms in total. The lowest BCUT2D eigenvalue weighted by Gasteiger charge is -2.25. The summed E-state index contributed by atoms with van der Waals surface area (Å²) in [5.74, 6) is 0. The molecule has 0 N–H and O–H groups in total. The largest absolute Gasteiger partial charge is 0.343 e. The fourth-order valence-electron chi connectivity index (χ4n) is 4.03. The summed E-state index contributed by atoms with van der Waals surface area (Å²) in [7, 11) is 0. The quantitative estimate of drug-likeness (QED) is 0.496. The summed E-state index contributed by atoms with van der Waals surface area (Å²) in [5.41, 5.74) is 7.67. The molecule has 0 spiro atoms. The minimum Gasteiger partial charge on any atom is -0.343 e. The van der Waals surface area contributed by atoms with Crippen LogP contribution < -0.4 is 10.1 Å². The van der Waals surface area contributed by atoms with Crippen molar-refractivity contribution in [1.29, 1.82) is 0 Å². The van der Waals surface area contributed by atoms with E-state index in [1.54, 1.807) is 4.40 Å². The zero-order valence-corrected chi connectivity index (χ0v) is 17.8. The van der Waals surface area contributed by atoms with Crippen molar-refractivity contribution >= 4 is 33.4 Å². The van der Waals surface area contributed by atoms with E-state index in [-0.39, 0.29) is 11.1 Å². The average molecular weight is 380 g/mol. The van der Waals surface area contributed by atoms with Crippen molar-refractivity contribution in [2.75, 3.05) is 0 Å². The van der Waals surface area contributed by atoms with Crippen molar-refractivity contribution in [3.63, 3.8) is 0 Å². The van der Waals surface area contributed by atoms with Crippen LogP contribution in [-0.2, 0) is 5.54 Å².